The lowest BCUT2D eigenvalue weighted by molar-refractivity contribution is -0.0436. The third-order valence-electron chi connectivity index (χ3n) is 4.22. The smallest absolute Gasteiger partial charge is 0.410 e. The predicted octanol–water partition coefficient (Wildman–Crippen LogP) is 2.81. The molecule has 2 saturated heterocycles. The molecule has 2 heterocycles. The average Bonchev–Trinajstić information content (AvgIpc) is 2.71. The Hall–Kier alpha value is -0.770. The standard InChI is InChI=1S/C14H25NO3/c1-12(2,3)18-11(16)15-8-6-14(10-15)13(4,5)7-9-17-14/h6-10H2,1-5H3/t14-/m1/s1. The molecule has 0 aromatic heterocycles. The van der Waals surface area contributed by atoms with Crippen molar-refractivity contribution in [2.75, 3.05) is 19.7 Å². The predicted molar refractivity (Wildman–Crippen MR) is 69.5 cm³/mol. The van der Waals surface area contributed by atoms with Crippen LogP contribution in [0.2, 0.25) is 0 Å². The summed E-state index contributed by atoms with van der Waals surface area (Å²) in [4.78, 5) is 13.9. The Balaban J connectivity index is 2.03. The molecule has 2 aliphatic heterocycles. The second-order valence-electron chi connectivity index (χ2n) is 7.13. The van der Waals surface area contributed by atoms with Crippen LogP contribution in [-0.4, -0.2) is 41.9 Å². The van der Waals surface area contributed by atoms with E-state index in [4.69, 9.17) is 9.47 Å². The van der Waals surface area contributed by atoms with E-state index in [2.05, 4.69) is 13.8 Å². The Labute approximate surface area is 110 Å². The van der Waals surface area contributed by atoms with Crippen LogP contribution in [-0.2, 0) is 9.47 Å². The van der Waals surface area contributed by atoms with Gasteiger partial charge in [-0.25, -0.2) is 4.79 Å². The summed E-state index contributed by atoms with van der Waals surface area (Å²) in [5.41, 5.74) is -0.452. The molecule has 0 saturated carbocycles. The lowest BCUT2D eigenvalue weighted by atomic mass is 9.74. The quantitative estimate of drug-likeness (QED) is 0.668. The van der Waals surface area contributed by atoms with Crippen LogP contribution < -0.4 is 0 Å². The molecule has 1 spiro atoms. The molecule has 0 N–H and O–H groups in total. The fourth-order valence-electron chi connectivity index (χ4n) is 2.86. The van der Waals surface area contributed by atoms with Crippen LogP contribution in [0.25, 0.3) is 0 Å². The summed E-state index contributed by atoms with van der Waals surface area (Å²) in [6, 6.07) is 0. The van der Waals surface area contributed by atoms with Gasteiger partial charge in [0.1, 0.15) is 5.60 Å². The summed E-state index contributed by atoms with van der Waals surface area (Å²) in [6.07, 6.45) is 1.76. The Morgan fingerprint density at radius 2 is 1.94 bits per heavy atom. The lowest BCUT2D eigenvalue weighted by Crippen LogP contribution is -2.45. The van der Waals surface area contributed by atoms with Gasteiger partial charge < -0.3 is 14.4 Å². The van der Waals surface area contributed by atoms with E-state index in [1.54, 1.807) is 4.90 Å². The summed E-state index contributed by atoms with van der Waals surface area (Å²) >= 11 is 0. The average molecular weight is 255 g/mol. The molecule has 0 aliphatic carbocycles. The number of hydrogen-bond acceptors (Lipinski definition) is 3. The monoisotopic (exact) mass is 255 g/mol. The molecular weight excluding hydrogens is 230 g/mol. The minimum absolute atomic E-state index is 0.143. The van der Waals surface area contributed by atoms with Gasteiger partial charge in [0.15, 0.2) is 0 Å². The molecule has 2 rings (SSSR count). The highest BCUT2D eigenvalue weighted by Crippen LogP contribution is 2.48. The van der Waals surface area contributed by atoms with Gasteiger partial charge in [0.05, 0.1) is 12.1 Å². The van der Waals surface area contributed by atoms with Gasteiger partial charge in [-0.1, -0.05) is 13.8 Å². The van der Waals surface area contributed by atoms with Crippen LogP contribution >= 0.6 is 0 Å². The lowest BCUT2D eigenvalue weighted by Gasteiger charge is -2.36. The molecule has 104 valence electrons. The van der Waals surface area contributed by atoms with E-state index < -0.39 is 5.60 Å². The van der Waals surface area contributed by atoms with Crippen molar-refractivity contribution >= 4 is 6.09 Å². The molecule has 0 unspecified atom stereocenters. The van der Waals surface area contributed by atoms with Gasteiger partial charge in [0, 0.05) is 13.2 Å². The van der Waals surface area contributed by atoms with Crippen LogP contribution in [0.3, 0.4) is 0 Å². The first-order valence-corrected chi connectivity index (χ1v) is 6.77. The summed E-state index contributed by atoms with van der Waals surface area (Å²) in [5.74, 6) is 0. The van der Waals surface area contributed by atoms with E-state index in [0.717, 1.165) is 26.0 Å². The number of carbonyl (C=O) groups excluding carboxylic acids is 1. The summed E-state index contributed by atoms with van der Waals surface area (Å²) in [5, 5.41) is 0. The van der Waals surface area contributed by atoms with Gasteiger partial charge in [0.25, 0.3) is 0 Å². The van der Waals surface area contributed by atoms with E-state index in [0.29, 0.717) is 6.54 Å². The minimum Gasteiger partial charge on any atom is -0.444 e. The molecule has 1 amide bonds. The Morgan fingerprint density at radius 3 is 2.44 bits per heavy atom. The molecule has 18 heavy (non-hydrogen) atoms. The van der Waals surface area contributed by atoms with Gasteiger partial charge in [0.2, 0.25) is 0 Å². The van der Waals surface area contributed by atoms with Crippen LogP contribution in [0.4, 0.5) is 4.79 Å². The number of ether oxygens (including phenoxy) is 2. The third-order valence-corrected chi connectivity index (χ3v) is 4.22. The number of carbonyl (C=O) groups is 1. The molecule has 2 fully saturated rings. The van der Waals surface area contributed by atoms with Crippen LogP contribution in [0.1, 0.15) is 47.5 Å². The molecule has 0 aromatic carbocycles. The van der Waals surface area contributed by atoms with E-state index in [9.17, 15) is 4.79 Å². The number of rotatable bonds is 0. The highest BCUT2D eigenvalue weighted by Gasteiger charge is 2.55. The summed E-state index contributed by atoms with van der Waals surface area (Å²) in [7, 11) is 0. The van der Waals surface area contributed by atoms with Crippen molar-refractivity contribution in [3.8, 4) is 0 Å². The first-order chi connectivity index (χ1) is 8.15. The molecule has 0 bridgehead atoms. The van der Waals surface area contributed by atoms with Crippen LogP contribution in [0.15, 0.2) is 0 Å². The van der Waals surface area contributed by atoms with Gasteiger partial charge >= 0.3 is 6.09 Å². The van der Waals surface area contributed by atoms with Crippen molar-refractivity contribution < 1.29 is 14.3 Å². The largest absolute Gasteiger partial charge is 0.444 e. The SMILES string of the molecule is CC(C)(C)OC(=O)N1CC[C@]2(C1)OCCC2(C)C. The van der Waals surface area contributed by atoms with Crippen LogP contribution in [0.5, 0.6) is 0 Å². The third kappa shape index (κ3) is 2.35. The minimum atomic E-state index is -0.432. The molecule has 0 radical (unpaired) electrons. The molecule has 0 aromatic rings. The summed E-state index contributed by atoms with van der Waals surface area (Å²) < 4.78 is 11.4. The molecule has 2 aliphatic rings. The van der Waals surface area contributed by atoms with E-state index in [-0.39, 0.29) is 17.1 Å². The maximum absolute atomic E-state index is 12.1. The van der Waals surface area contributed by atoms with E-state index in [1.807, 2.05) is 20.8 Å². The van der Waals surface area contributed by atoms with Crippen molar-refractivity contribution in [3.05, 3.63) is 0 Å². The van der Waals surface area contributed by atoms with Gasteiger partial charge in [-0.05, 0) is 39.0 Å². The Morgan fingerprint density at radius 1 is 1.28 bits per heavy atom. The van der Waals surface area contributed by atoms with Crippen molar-refractivity contribution in [3.63, 3.8) is 0 Å². The van der Waals surface area contributed by atoms with Gasteiger partial charge in [-0.3, -0.25) is 0 Å². The maximum Gasteiger partial charge on any atom is 0.410 e. The molecule has 4 nitrogen and oxygen atoms in total. The first-order valence-electron chi connectivity index (χ1n) is 6.77. The fraction of sp³-hybridized carbons (Fsp3) is 0.929. The zero-order valence-electron chi connectivity index (χ0n) is 12.2. The number of amides is 1. The second kappa shape index (κ2) is 4.12. The molecular formula is C14H25NO3. The Bertz CT molecular complexity index is 345. The number of nitrogens with zero attached hydrogens (tertiary/aromatic N) is 1. The first kappa shape index (κ1) is 13.7. The maximum atomic E-state index is 12.1. The van der Waals surface area contributed by atoms with Crippen LogP contribution in [0, 0.1) is 5.41 Å². The van der Waals surface area contributed by atoms with Crippen molar-refractivity contribution in [2.45, 2.75) is 58.7 Å². The highest BCUT2D eigenvalue weighted by molar-refractivity contribution is 5.68. The topological polar surface area (TPSA) is 38.8 Å². The summed E-state index contributed by atoms with van der Waals surface area (Å²) in [6.45, 7) is 12.4. The fourth-order valence-corrected chi connectivity index (χ4v) is 2.86. The van der Waals surface area contributed by atoms with Crippen molar-refractivity contribution in [2.24, 2.45) is 5.41 Å². The number of likely N-dealkylation sites (tertiary alicyclic amines) is 1. The molecule has 4 heteroatoms. The van der Waals surface area contributed by atoms with Gasteiger partial charge in [-0.2, -0.15) is 0 Å². The van der Waals surface area contributed by atoms with Crippen molar-refractivity contribution in [1.82, 2.24) is 4.90 Å². The number of hydrogen-bond donors (Lipinski definition) is 0. The zero-order valence-corrected chi connectivity index (χ0v) is 12.2. The second-order valence-corrected chi connectivity index (χ2v) is 7.13. The van der Waals surface area contributed by atoms with E-state index in [1.165, 1.54) is 0 Å². The highest BCUT2D eigenvalue weighted by atomic mass is 16.6. The van der Waals surface area contributed by atoms with Gasteiger partial charge in [-0.15, -0.1) is 0 Å². The van der Waals surface area contributed by atoms with Crippen molar-refractivity contribution in [1.29, 1.82) is 0 Å². The Kier molecular flexibility index (Phi) is 3.13. The zero-order chi connectivity index (χ0) is 13.6. The van der Waals surface area contributed by atoms with E-state index >= 15 is 0 Å². The normalized spacial score (nSPS) is 31.1. The molecule has 1 atom stereocenters.